The second-order valence-electron chi connectivity index (χ2n) is 1.71. The monoisotopic (exact) mass is 158 g/mol. The molecule has 0 aromatic rings. The van der Waals surface area contributed by atoms with Gasteiger partial charge in [-0.2, -0.15) is 0 Å². The van der Waals surface area contributed by atoms with Gasteiger partial charge in [0.15, 0.2) is 0 Å². The van der Waals surface area contributed by atoms with Crippen LogP contribution in [0.15, 0.2) is 4.99 Å². The van der Waals surface area contributed by atoms with E-state index in [1.54, 1.807) is 0 Å². The molecule has 1 atom stereocenters. The summed E-state index contributed by atoms with van der Waals surface area (Å²) in [7, 11) is 0. The summed E-state index contributed by atoms with van der Waals surface area (Å²) < 4.78 is 0. The average Bonchev–Trinajstić information content (AvgIpc) is 1.86. The zero-order chi connectivity index (χ0) is 8.85. The van der Waals surface area contributed by atoms with Crippen LogP contribution in [-0.4, -0.2) is 24.3 Å². The van der Waals surface area contributed by atoms with Gasteiger partial charge < -0.3 is 25.5 Å². The maximum Gasteiger partial charge on any atom is 0.0962 e. The molecule has 0 rings (SSSR count). The summed E-state index contributed by atoms with van der Waals surface area (Å²) in [6.45, 7) is 0. The highest BCUT2D eigenvalue weighted by Gasteiger charge is 2.06. The zero-order valence-electron chi connectivity index (χ0n) is 5.52. The third-order valence-corrected chi connectivity index (χ3v) is 0.898. The second kappa shape index (κ2) is 4.26. The van der Waals surface area contributed by atoms with Crippen molar-refractivity contribution in [2.24, 2.45) is 10.7 Å². The summed E-state index contributed by atoms with van der Waals surface area (Å²) >= 11 is 0. The lowest BCUT2D eigenvalue weighted by atomic mass is 10.2. The van der Waals surface area contributed by atoms with Gasteiger partial charge in [0.05, 0.1) is 18.3 Å². The molecule has 0 aliphatic rings. The van der Waals surface area contributed by atoms with E-state index in [9.17, 15) is 19.8 Å². The first kappa shape index (κ1) is 9.41. The van der Waals surface area contributed by atoms with E-state index < -0.39 is 24.4 Å². The number of hydrogen-bond acceptors (Lipinski definition) is 5. The molecule has 0 aromatic carbocycles. The molecule has 0 heterocycles. The molecule has 0 aliphatic heterocycles. The summed E-state index contributed by atoms with van der Waals surface area (Å²) in [6.07, 6.45) is -0.0144. The van der Waals surface area contributed by atoms with Crippen LogP contribution < -0.4 is 15.9 Å². The molecule has 0 aliphatic carbocycles. The van der Waals surface area contributed by atoms with E-state index in [0.717, 1.165) is 0 Å². The summed E-state index contributed by atoms with van der Waals surface area (Å²) in [4.78, 5) is 23.1. The Labute approximate surface area is 62.3 Å². The van der Waals surface area contributed by atoms with E-state index in [2.05, 4.69) is 4.99 Å². The number of aliphatic carboxylic acids is 2. The van der Waals surface area contributed by atoms with Crippen LogP contribution in [0.4, 0.5) is 0 Å². The van der Waals surface area contributed by atoms with Gasteiger partial charge in [0.1, 0.15) is 0 Å². The standard InChI is InChI=1S/C5H8N2O4/c6-2-7-3(5(10)11)1-4(8)9/h2-3H,1H2,(H2,6,7)(H,8,9)(H,10,11)/p-2/t3-/m0/s1. The SMILES string of the molecule is NC=N[C@@H](CC(=O)[O-])C(=O)[O-]. The van der Waals surface area contributed by atoms with Gasteiger partial charge >= 0.3 is 0 Å². The van der Waals surface area contributed by atoms with Crippen molar-refractivity contribution in [1.29, 1.82) is 0 Å². The Kier molecular flexibility index (Phi) is 3.65. The van der Waals surface area contributed by atoms with Crippen LogP contribution in [0.2, 0.25) is 0 Å². The van der Waals surface area contributed by atoms with Crippen molar-refractivity contribution in [2.45, 2.75) is 12.5 Å². The van der Waals surface area contributed by atoms with Crippen molar-refractivity contribution >= 4 is 18.3 Å². The molecule has 11 heavy (non-hydrogen) atoms. The lowest BCUT2D eigenvalue weighted by Gasteiger charge is -2.12. The highest BCUT2D eigenvalue weighted by Crippen LogP contribution is 1.93. The smallest absolute Gasteiger partial charge is 0.0962 e. The van der Waals surface area contributed by atoms with Gasteiger partial charge in [-0.15, -0.1) is 0 Å². The highest BCUT2D eigenvalue weighted by atomic mass is 16.4. The van der Waals surface area contributed by atoms with Crippen molar-refractivity contribution in [1.82, 2.24) is 0 Å². The maximum absolute atomic E-state index is 10.1. The number of carboxylic acids is 2. The third kappa shape index (κ3) is 3.90. The van der Waals surface area contributed by atoms with Crippen molar-refractivity contribution in [3.8, 4) is 0 Å². The number of nitrogens with zero attached hydrogens (tertiary/aromatic N) is 1. The Balaban J connectivity index is 4.11. The third-order valence-electron chi connectivity index (χ3n) is 0.898. The number of hydrogen-bond donors (Lipinski definition) is 1. The average molecular weight is 158 g/mol. The van der Waals surface area contributed by atoms with Crippen molar-refractivity contribution in [3.05, 3.63) is 0 Å². The molecular formula is C5H6N2O4-2. The molecule has 2 N–H and O–H groups in total. The van der Waals surface area contributed by atoms with Crippen LogP contribution in [0.3, 0.4) is 0 Å². The fraction of sp³-hybridized carbons (Fsp3) is 0.400. The molecule has 6 nitrogen and oxygen atoms in total. The molecule has 6 heteroatoms. The van der Waals surface area contributed by atoms with Gasteiger partial charge in [-0.25, -0.2) is 0 Å². The summed E-state index contributed by atoms with van der Waals surface area (Å²) in [5.41, 5.74) is 4.75. The Morgan fingerprint density at radius 3 is 2.36 bits per heavy atom. The number of rotatable bonds is 4. The first-order chi connectivity index (χ1) is 5.07. The molecule has 0 fully saturated rings. The molecule has 0 amide bonds. The normalized spacial score (nSPS) is 13.1. The van der Waals surface area contributed by atoms with Gasteiger partial charge in [0.25, 0.3) is 0 Å². The Hall–Kier alpha value is -1.59. The Morgan fingerprint density at radius 2 is 2.09 bits per heavy atom. The predicted molar refractivity (Wildman–Crippen MR) is 31.1 cm³/mol. The molecule has 0 saturated heterocycles. The molecule has 0 saturated carbocycles. The van der Waals surface area contributed by atoms with Crippen molar-refractivity contribution in [3.63, 3.8) is 0 Å². The van der Waals surface area contributed by atoms with Gasteiger partial charge in [0, 0.05) is 12.4 Å². The molecule has 0 unspecified atom stereocenters. The Morgan fingerprint density at radius 1 is 1.55 bits per heavy atom. The minimum atomic E-state index is -1.59. The largest absolute Gasteiger partial charge is 0.550 e. The number of nitrogens with two attached hydrogens (primary N) is 1. The van der Waals surface area contributed by atoms with Crippen LogP contribution in [0.5, 0.6) is 0 Å². The fourth-order valence-corrected chi connectivity index (χ4v) is 0.459. The second-order valence-corrected chi connectivity index (χ2v) is 1.71. The van der Waals surface area contributed by atoms with E-state index in [1.165, 1.54) is 0 Å². The van der Waals surface area contributed by atoms with Crippen LogP contribution in [0.1, 0.15) is 6.42 Å². The minimum absolute atomic E-state index is 0.712. The van der Waals surface area contributed by atoms with E-state index in [4.69, 9.17) is 5.73 Å². The van der Waals surface area contributed by atoms with Gasteiger partial charge in [0.2, 0.25) is 0 Å². The quantitative estimate of drug-likeness (QED) is 0.332. The summed E-state index contributed by atoms with van der Waals surface area (Å²) in [5.74, 6) is -3.10. The molecule has 0 spiro atoms. The van der Waals surface area contributed by atoms with Crippen LogP contribution in [0, 0.1) is 0 Å². The molecule has 0 bridgehead atoms. The molecule has 62 valence electrons. The van der Waals surface area contributed by atoms with Crippen LogP contribution in [0.25, 0.3) is 0 Å². The van der Waals surface area contributed by atoms with Crippen LogP contribution >= 0.6 is 0 Å². The first-order valence-corrected chi connectivity index (χ1v) is 2.72. The number of carboxylic acid groups (broad SMARTS) is 2. The van der Waals surface area contributed by atoms with Crippen molar-refractivity contribution < 1.29 is 19.8 Å². The molecular weight excluding hydrogens is 152 g/mol. The minimum Gasteiger partial charge on any atom is -0.550 e. The topological polar surface area (TPSA) is 119 Å². The number of aliphatic imine (C=N–C) groups is 1. The number of carbonyl (C=O) groups is 2. The van der Waals surface area contributed by atoms with E-state index in [1.807, 2.05) is 0 Å². The van der Waals surface area contributed by atoms with Crippen LogP contribution in [-0.2, 0) is 9.59 Å². The highest BCUT2D eigenvalue weighted by molar-refractivity contribution is 5.79. The summed E-state index contributed by atoms with van der Waals surface area (Å²) in [6, 6.07) is -1.45. The lowest BCUT2D eigenvalue weighted by Crippen LogP contribution is -2.39. The molecule has 0 radical (unpaired) electrons. The van der Waals surface area contributed by atoms with Crippen molar-refractivity contribution in [2.75, 3.05) is 0 Å². The molecule has 0 aromatic heterocycles. The zero-order valence-corrected chi connectivity index (χ0v) is 5.52. The van der Waals surface area contributed by atoms with Gasteiger partial charge in [-0.3, -0.25) is 4.99 Å². The van der Waals surface area contributed by atoms with E-state index >= 15 is 0 Å². The van der Waals surface area contributed by atoms with Gasteiger partial charge in [-0.1, -0.05) is 0 Å². The fourth-order valence-electron chi connectivity index (χ4n) is 0.459. The summed E-state index contributed by atoms with van der Waals surface area (Å²) in [5, 5.41) is 19.9. The first-order valence-electron chi connectivity index (χ1n) is 2.72. The predicted octanol–water partition coefficient (Wildman–Crippen LogP) is -3.77. The lowest BCUT2D eigenvalue weighted by molar-refractivity contribution is -0.316. The Bertz CT molecular complexity index is 189. The maximum atomic E-state index is 10.1. The van der Waals surface area contributed by atoms with E-state index in [-0.39, 0.29) is 0 Å². The number of carbonyl (C=O) groups excluding carboxylic acids is 2. The van der Waals surface area contributed by atoms with E-state index in [0.29, 0.717) is 6.34 Å². The van der Waals surface area contributed by atoms with Gasteiger partial charge in [-0.05, 0) is 0 Å².